The lowest BCUT2D eigenvalue weighted by Crippen LogP contribution is -2.40. The lowest BCUT2D eigenvalue weighted by Gasteiger charge is -2.26. The number of sulfonamides is 1. The van der Waals surface area contributed by atoms with Crippen LogP contribution in [-0.2, 0) is 26.0 Å². The van der Waals surface area contributed by atoms with E-state index in [2.05, 4.69) is 13.8 Å². The molecule has 1 saturated heterocycles. The molecule has 0 aromatic heterocycles. The molecule has 0 saturated carbocycles. The van der Waals surface area contributed by atoms with Gasteiger partial charge < -0.3 is 9.64 Å². The Hall–Kier alpha value is -1.44. The van der Waals surface area contributed by atoms with Crippen LogP contribution in [0.5, 0.6) is 0 Å². The molecule has 1 aliphatic heterocycles. The number of rotatable bonds is 9. The summed E-state index contributed by atoms with van der Waals surface area (Å²) in [4.78, 5) is 14.6. The lowest BCUT2D eigenvalue weighted by molar-refractivity contribution is -0.131. The standard InChI is InChI=1S/C19H30N2O4S/c1-3-11-20(12-4-2)19(22)10-7-17-5-8-18(9-6-17)26(23,24)21-13-15-25-16-14-21/h5-6,8-9H,3-4,7,10-16H2,1-2H3. The average Bonchev–Trinajstić information content (AvgIpc) is 2.67. The number of hydrogen-bond donors (Lipinski definition) is 0. The molecule has 0 aliphatic carbocycles. The van der Waals surface area contributed by atoms with Crippen molar-refractivity contribution in [3.8, 4) is 0 Å². The molecule has 0 spiro atoms. The molecule has 2 rings (SSSR count). The van der Waals surface area contributed by atoms with Crippen LogP contribution >= 0.6 is 0 Å². The van der Waals surface area contributed by atoms with Crippen LogP contribution in [0.1, 0.15) is 38.7 Å². The molecule has 1 amide bonds. The number of benzene rings is 1. The Balaban J connectivity index is 1.95. The van der Waals surface area contributed by atoms with Gasteiger partial charge in [0.15, 0.2) is 0 Å². The summed E-state index contributed by atoms with van der Waals surface area (Å²) in [5, 5.41) is 0. The summed E-state index contributed by atoms with van der Waals surface area (Å²) in [6, 6.07) is 6.90. The smallest absolute Gasteiger partial charge is 0.243 e. The summed E-state index contributed by atoms with van der Waals surface area (Å²) in [7, 11) is -3.46. The third-order valence-electron chi connectivity index (χ3n) is 4.50. The van der Waals surface area contributed by atoms with E-state index in [1.54, 1.807) is 12.1 Å². The van der Waals surface area contributed by atoms with Gasteiger partial charge in [-0.1, -0.05) is 26.0 Å². The summed E-state index contributed by atoms with van der Waals surface area (Å²) in [6.45, 7) is 7.39. The van der Waals surface area contributed by atoms with Crippen molar-refractivity contribution in [2.24, 2.45) is 0 Å². The van der Waals surface area contributed by atoms with Crippen molar-refractivity contribution in [3.05, 3.63) is 29.8 Å². The molecule has 6 nitrogen and oxygen atoms in total. The highest BCUT2D eigenvalue weighted by Gasteiger charge is 2.26. The number of carbonyl (C=O) groups is 1. The monoisotopic (exact) mass is 382 g/mol. The minimum atomic E-state index is -3.46. The molecule has 1 aliphatic rings. The van der Waals surface area contributed by atoms with Crippen LogP contribution in [0.3, 0.4) is 0 Å². The molecule has 0 bridgehead atoms. The van der Waals surface area contributed by atoms with Crippen molar-refractivity contribution >= 4 is 15.9 Å². The van der Waals surface area contributed by atoms with E-state index >= 15 is 0 Å². The highest BCUT2D eigenvalue weighted by Crippen LogP contribution is 2.18. The quantitative estimate of drug-likeness (QED) is 0.657. The molecule has 0 radical (unpaired) electrons. The Bertz CT molecular complexity index is 661. The maximum atomic E-state index is 12.6. The van der Waals surface area contributed by atoms with Crippen molar-refractivity contribution in [2.45, 2.75) is 44.4 Å². The number of nitrogens with zero attached hydrogens (tertiary/aromatic N) is 2. The van der Waals surface area contributed by atoms with Gasteiger partial charge in [0.1, 0.15) is 0 Å². The van der Waals surface area contributed by atoms with Crippen LogP contribution in [0.25, 0.3) is 0 Å². The summed E-state index contributed by atoms with van der Waals surface area (Å²) in [5.41, 5.74) is 0.979. The van der Waals surface area contributed by atoms with Gasteiger partial charge in [-0.05, 0) is 37.0 Å². The number of hydrogen-bond acceptors (Lipinski definition) is 4. The first-order valence-electron chi connectivity index (χ1n) is 9.43. The molecule has 26 heavy (non-hydrogen) atoms. The first kappa shape index (κ1) is 20.9. The van der Waals surface area contributed by atoms with Crippen LogP contribution in [0, 0.1) is 0 Å². The van der Waals surface area contributed by atoms with Gasteiger partial charge >= 0.3 is 0 Å². The maximum absolute atomic E-state index is 12.6. The number of aryl methyl sites for hydroxylation is 1. The van der Waals surface area contributed by atoms with Crippen molar-refractivity contribution in [1.82, 2.24) is 9.21 Å². The summed E-state index contributed by atoms with van der Waals surface area (Å²) >= 11 is 0. The first-order valence-corrected chi connectivity index (χ1v) is 10.9. The Labute approximate surface area is 157 Å². The van der Waals surface area contributed by atoms with E-state index in [0.717, 1.165) is 31.5 Å². The molecule has 0 atom stereocenters. The highest BCUT2D eigenvalue weighted by atomic mass is 32.2. The number of carbonyl (C=O) groups excluding carboxylic acids is 1. The third kappa shape index (κ3) is 5.53. The largest absolute Gasteiger partial charge is 0.379 e. The third-order valence-corrected chi connectivity index (χ3v) is 6.41. The second-order valence-electron chi connectivity index (χ2n) is 6.54. The fourth-order valence-corrected chi connectivity index (χ4v) is 4.48. The molecular weight excluding hydrogens is 352 g/mol. The van der Waals surface area contributed by atoms with Crippen molar-refractivity contribution in [1.29, 1.82) is 0 Å². The van der Waals surface area contributed by atoms with Gasteiger partial charge in [-0.3, -0.25) is 4.79 Å². The Morgan fingerprint density at radius 3 is 2.19 bits per heavy atom. The number of ether oxygens (including phenoxy) is 1. The lowest BCUT2D eigenvalue weighted by atomic mass is 10.1. The average molecular weight is 383 g/mol. The Morgan fingerprint density at radius 1 is 1.08 bits per heavy atom. The van der Waals surface area contributed by atoms with E-state index in [1.807, 2.05) is 17.0 Å². The zero-order valence-electron chi connectivity index (χ0n) is 15.8. The van der Waals surface area contributed by atoms with E-state index in [9.17, 15) is 13.2 Å². The van der Waals surface area contributed by atoms with Crippen LogP contribution in [0.15, 0.2) is 29.2 Å². The molecule has 1 aromatic carbocycles. The minimum Gasteiger partial charge on any atom is -0.379 e. The minimum absolute atomic E-state index is 0.165. The van der Waals surface area contributed by atoms with Crippen molar-refractivity contribution in [2.75, 3.05) is 39.4 Å². The predicted molar refractivity (Wildman–Crippen MR) is 102 cm³/mol. The Kier molecular flexibility index (Phi) is 8.06. The summed E-state index contributed by atoms with van der Waals surface area (Å²) < 4.78 is 31.9. The van der Waals surface area contributed by atoms with Crippen LogP contribution in [0.4, 0.5) is 0 Å². The van der Waals surface area contributed by atoms with Gasteiger partial charge in [-0.25, -0.2) is 8.42 Å². The molecule has 0 unspecified atom stereocenters. The molecule has 0 N–H and O–H groups in total. The highest BCUT2D eigenvalue weighted by molar-refractivity contribution is 7.89. The van der Waals surface area contributed by atoms with Crippen molar-refractivity contribution < 1.29 is 17.9 Å². The second kappa shape index (κ2) is 10.0. The van der Waals surface area contributed by atoms with Gasteiger partial charge in [0.2, 0.25) is 15.9 Å². The Morgan fingerprint density at radius 2 is 1.65 bits per heavy atom. The van der Waals surface area contributed by atoms with Crippen LogP contribution in [-0.4, -0.2) is 62.9 Å². The molecule has 1 heterocycles. The number of morpholine rings is 1. The maximum Gasteiger partial charge on any atom is 0.243 e. The molecular formula is C19H30N2O4S. The molecule has 146 valence electrons. The molecule has 1 fully saturated rings. The first-order chi connectivity index (χ1) is 12.5. The van der Waals surface area contributed by atoms with Gasteiger partial charge in [-0.15, -0.1) is 0 Å². The summed E-state index contributed by atoms with van der Waals surface area (Å²) in [6.07, 6.45) is 3.00. The van der Waals surface area contributed by atoms with Gasteiger partial charge in [-0.2, -0.15) is 4.31 Å². The summed E-state index contributed by atoms with van der Waals surface area (Å²) in [5.74, 6) is 0.165. The molecule has 1 aromatic rings. The topological polar surface area (TPSA) is 66.9 Å². The van der Waals surface area contributed by atoms with E-state index in [0.29, 0.717) is 44.0 Å². The normalized spacial score (nSPS) is 15.8. The van der Waals surface area contributed by atoms with Gasteiger partial charge in [0.25, 0.3) is 0 Å². The van der Waals surface area contributed by atoms with Crippen LogP contribution < -0.4 is 0 Å². The van der Waals surface area contributed by atoms with Gasteiger partial charge in [0.05, 0.1) is 18.1 Å². The van der Waals surface area contributed by atoms with Gasteiger partial charge in [0, 0.05) is 32.6 Å². The zero-order chi connectivity index (χ0) is 19.0. The van der Waals surface area contributed by atoms with E-state index in [-0.39, 0.29) is 5.91 Å². The predicted octanol–water partition coefficient (Wildman–Crippen LogP) is 2.29. The number of amides is 1. The second-order valence-corrected chi connectivity index (χ2v) is 8.48. The molecule has 7 heteroatoms. The van der Waals surface area contributed by atoms with E-state index < -0.39 is 10.0 Å². The van der Waals surface area contributed by atoms with Crippen LogP contribution in [0.2, 0.25) is 0 Å². The van der Waals surface area contributed by atoms with E-state index in [1.165, 1.54) is 4.31 Å². The fraction of sp³-hybridized carbons (Fsp3) is 0.632. The fourth-order valence-electron chi connectivity index (χ4n) is 3.07. The SMILES string of the molecule is CCCN(CCC)C(=O)CCc1ccc(S(=O)(=O)N2CCOCC2)cc1. The van der Waals surface area contributed by atoms with Crippen molar-refractivity contribution in [3.63, 3.8) is 0 Å². The van der Waals surface area contributed by atoms with E-state index in [4.69, 9.17) is 4.74 Å². The zero-order valence-corrected chi connectivity index (χ0v) is 16.6.